The van der Waals surface area contributed by atoms with Gasteiger partial charge in [-0.05, 0) is 49.4 Å². The topological polar surface area (TPSA) is 59.1 Å². The Morgan fingerprint density at radius 2 is 1.85 bits per heavy atom. The van der Waals surface area contributed by atoms with E-state index in [1.54, 1.807) is 0 Å². The van der Waals surface area contributed by atoms with Crippen molar-refractivity contribution in [3.63, 3.8) is 0 Å². The molecule has 4 rings (SSSR count). The lowest BCUT2D eigenvalue weighted by molar-refractivity contribution is -0.136. The summed E-state index contributed by atoms with van der Waals surface area (Å²) in [6.45, 7) is 8.58. The molecule has 0 bridgehead atoms. The predicted molar refractivity (Wildman–Crippen MR) is 101 cm³/mol. The number of carbonyl (C=O) groups excluding carboxylic acids is 2. The first-order chi connectivity index (χ1) is 13.0. The van der Waals surface area contributed by atoms with E-state index >= 15 is 0 Å². The molecule has 2 amide bonds. The van der Waals surface area contributed by atoms with Gasteiger partial charge in [0, 0.05) is 25.1 Å². The van der Waals surface area contributed by atoms with Gasteiger partial charge in [-0.15, -0.1) is 0 Å². The molecular weight excluding hydrogens is 344 g/mol. The van der Waals surface area contributed by atoms with Gasteiger partial charge in [-0.3, -0.25) is 9.59 Å². The van der Waals surface area contributed by atoms with E-state index in [9.17, 15) is 9.59 Å². The Labute approximate surface area is 160 Å². The molecule has 6 nitrogen and oxygen atoms in total. The Kier molecular flexibility index (Phi) is 4.95. The number of amides is 2. The van der Waals surface area contributed by atoms with E-state index in [0.717, 1.165) is 17.5 Å². The predicted octanol–water partition coefficient (Wildman–Crippen LogP) is 1.78. The maximum atomic E-state index is 12.7. The summed E-state index contributed by atoms with van der Waals surface area (Å²) in [5.74, 6) is 0.519. The van der Waals surface area contributed by atoms with Crippen LogP contribution in [0, 0.1) is 19.8 Å². The standard InChI is InChI=1S/C21H28N2O4/c1-15-3-4-18(9-16(15)2)20(25)23-13-21(14-23)11-17(12-27-21)10-19(24)22-5-7-26-8-6-22/h3-4,9,17H,5-8,10-14H2,1-2H3. The van der Waals surface area contributed by atoms with Crippen molar-refractivity contribution in [2.45, 2.75) is 32.3 Å². The lowest BCUT2D eigenvalue weighted by Gasteiger charge is -2.47. The van der Waals surface area contributed by atoms with Crippen LogP contribution in [0.25, 0.3) is 0 Å². The van der Waals surface area contributed by atoms with Gasteiger partial charge in [0.1, 0.15) is 5.60 Å². The van der Waals surface area contributed by atoms with E-state index in [0.29, 0.717) is 52.4 Å². The summed E-state index contributed by atoms with van der Waals surface area (Å²) in [6, 6.07) is 5.86. The van der Waals surface area contributed by atoms with Gasteiger partial charge >= 0.3 is 0 Å². The van der Waals surface area contributed by atoms with Crippen LogP contribution < -0.4 is 0 Å². The zero-order chi connectivity index (χ0) is 19.0. The molecule has 0 N–H and O–H groups in total. The highest BCUT2D eigenvalue weighted by Gasteiger charge is 2.51. The van der Waals surface area contributed by atoms with Crippen LogP contribution in [0.4, 0.5) is 0 Å². The van der Waals surface area contributed by atoms with Crippen LogP contribution in [0.3, 0.4) is 0 Å². The smallest absolute Gasteiger partial charge is 0.254 e. The molecule has 3 aliphatic rings. The molecule has 1 spiro atoms. The van der Waals surface area contributed by atoms with Crippen molar-refractivity contribution in [2.24, 2.45) is 5.92 Å². The van der Waals surface area contributed by atoms with E-state index in [1.165, 1.54) is 5.56 Å². The number of likely N-dealkylation sites (tertiary alicyclic amines) is 1. The van der Waals surface area contributed by atoms with E-state index < -0.39 is 0 Å². The molecule has 3 fully saturated rings. The van der Waals surface area contributed by atoms with Crippen LogP contribution in [-0.4, -0.2) is 73.2 Å². The van der Waals surface area contributed by atoms with Crippen molar-refractivity contribution in [3.8, 4) is 0 Å². The average molecular weight is 372 g/mol. The maximum absolute atomic E-state index is 12.7. The molecular formula is C21H28N2O4. The zero-order valence-corrected chi connectivity index (χ0v) is 16.2. The summed E-state index contributed by atoms with van der Waals surface area (Å²) >= 11 is 0. The minimum absolute atomic E-state index is 0.0696. The third-order valence-electron chi connectivity index (χ3n) is 6.11. The number of rotatable bonds is 3. The summed E-state index contributed by atoms with van der Waals surface area (Å²) in [6.07, 6.45) is 1.40. The molecule has 27 heavy (non-hydrogen) atoms. The number of carbonyl (C=O) groups is 2. The lowest BCUT2D eigenvalue weighted by Crippen LogP contribution is -2.63. The summed E-state index contributed by atoms with van der Waals surface area (Å²) in [7, 11) is 0. The van der Waals surface area contributed by atoms with Crippen molar-refractivity contribution in [1.29, 1.82) is 0 Å². The van der Waals surface area contributed by atoms with Gasteiger partial charge in [0.05, 0.1) is 32.9 Å². The van der Waals surface area contributed by atoms with Crippen molar-refractivity contribution < 1.29 is 19.1 Å². The van der Waals surface area contributed by atoms with E-state index in [4.69, 9.17) is 9.47 Å². The quantitative estimate of drug-likeness (QED) is 0.812. The lowest BCUT2D eigenvalue weighted by atomic mass is 9.85. The van der Waals surface area contributed by atoms with Crippen LogP contribution in [0.15, 0.2) is 18.2 Å². The molecule has 1 unspecified atom stereocenters. The Morgan fingerprint density at radius 3 is 2.56 bits per heavy atom. The van der Waals surface area contributed by atoms with Crippen LogP contribution in [-0.2, 0) is 14.3 Å². The molecule has 1 aromatic carbocycles. The maximum Gasteiger partial charge on any atom is 0.254 e. The van der Waals surface area contributed by atoms with Gasteiger partial charge in [-0.25, -0.2) is 0 Å². The normalized spacial score (nSPS) is 24.1. The molecule has 3 aliphatic heterocycles. The Hall–Kier alpha value is -1.92. The fraction of sp³-hybridized carbons (Fsp3) is 0.619. The summed E-state index contributed by atoms with van der Waals surface area (Å²) in [5.41, 5.74) is 2.82. The molecule has 1 aromatic rings. The summed E-state index contributed by atoms with van der Waals surface area (Å²) < 4.78 is 11.4. The molecule has 6 heteroatoms. The second-order valence-electron chi connectivity index (χ2n) is 8.22. The summed E-state index contributed by atoms with van der Waals surface area (Å²) in [5, 5.41) is 0. The van der Waals surface area contributed by atoms with Crippen LogP contribution in [0.1, 0.15) is 34.3 Å². The highest BCUT2D eigenvalue weighted by molar-refractivity contribution is 5.95. The molecule has 0 saturated carbocycles. The third-order valence-corrected chi connectivity index (χ3v) is 6.11. The number of benzene rings is 1. The number of hydrogen-bond acceptors (Lipinski definition) is 4. The zero-order valence-electron chi connectivity index (χ0n) is 16.2. The fourth-order valence-corrected chi connectivity index (χ4v) is 4.33. The Morgan fingerprint density at radius 1 is 1.11 bits per heavy atom. The SMILES string of the molecule is Cc1ccc(C(=O)N2CC3(CC(CC(=O)N4CCOCC4)CO3)C2)cc1C. The molecule has 146 valence electrons. The van der Waals surface area contributed by atoms with Gasteiger partial charge in [0.2, 0.25) is 5.91 Å². The van der Waals surface area contributed by atoms with Crippen LogP contribution in [0.5, 0.6) is 0 Å². The van der Waals surface area contributed by atoms with Gasteiger partial charge in [-0.1, -0.05) is 6.07 Å². The van der Waals surface area contributed by atoms with Gasteiger partial charge < -0.3 is 19.3 Å². The minimum Gasteiger partial charge on any atom is -0.378 e. The van der Waals surface area contributed by atoms with Gasteiger partial charge in [0.25, 0.3) is 5.91 Å². The van der Waals surface area contributed by atoms with E-state index in [2.05, 4.69) is 0 Å². The molecule has 1 atom stereocenters. The third kappa shape index (κ3) is 3.73. The van der Waals surface area contributed by atoms with Crippen molar-refractivity contribution in [2.75, 3.05) is 46.0 Å². The summed E-state index contributed by atoms with van der Waals surface area (Å²) in [4.78, 5) is 28.9. The molecule has 0 aliphatic carbocycles. The number of aryl methyl sites for hydroxylation is 2. The Balaban J connectivity index is 1.29. The van der Waals surface area contributed by atoms with Gasteiger partial charge in [0.15, 0.2) is 0 Å². The second-order valence-corrected chi connectivity index (χ2v) is 8.22. The number of nitrogens with zero attached hydrogens (tertiary/aromatic N) is 2. The first-order valence-electron chi connectivity index (χ1n) is 9.82. The molecule has 0 aromatic heterocycles. The van der Waals surface area contributed by atoms with Crippen molar-refractivity contribution >= 4 is 11.8 Å². The van der Waals surface area contributed by atoms with E-state index in [1.807, 2.05) is 41.8 Å². The highest BCUT2D eigenvalue weighted by Crippen LogP contribution is 2.39. The van der Waals surface area contributed by atoms with E-state index in [-0.39, 0.29) is 23.3 Å². The van der Waals surface area contributed by atoms with Crippen LogP contribution in [0.2, 0.25) is 0 Å². The first kappa shape index (κ1) is 18.4. The average Bonchev–Trinajstić information content (AvgIpc) is 3.07. The number of morpholine rings is 1. The van der Waals surface area contributed by atoms with Crippen LogP contribution >= 0.6 is 0 Å². The molecule has 0 radical (unpaired) electrons. The van der Waals surface area contributed by atoms with Gasteiger partial charge in [-0.2, -0.15) is 0 Å². The number of ether oxygens (including phenoxy) is 2. The first-order valence-corrected chi connectivity index (χ1v) is 9.82. The number of hydrogen-bond donors (Lipinski definition) is 0. The molecule has 3 heterocycles. The monoisotopic (exact) mass is 372 g/mol. The Bertz CT molecular complexity index is 736. The fourth-order valence-electron chi connectivity index (χ4n) is 4.33. The highest BCUT2D eigenvalue weighted by atomic mass is 16.5. The second kappa shape index (κ2) is 7.24. The minimum atomic E-state index is -0.245. The van der Waals surface area contributed by atoms with Crippen molar-refractivity contribution in [1.82, 2.24) is 9.80 Å². The largest absolute Gasteiger partial charge is 0.378 e. The van der Waals surface area contributed by atoms with Crippen molar-refractivity contribution in [3.05, 3.63) is 34.9 Å². The molecule has 3 saturated heterocycles.